The van der Waals surface area contributed by atoms with Crippen molar-refractivity contribution < 1.29 is 4.79 Å². The van der Waals surface area contributed by atoms with Crippen LogP contribution in [0.3, 0.4) is 0 Å². The highest BCUT2D eigenvalue weighted by Crippen LogP contribution is 2.41. The average molecular weight is 363 g/mol. The van der Waals surface area contributed by atoms with Crippen LogP contribution in [0.15, 0.2) is 24.4 Å². The lowest BCUT2D eigenvalue weighted by Crippen LogP contribution is -2.70. The van der Waals surface area contributed by atoms with E-state index in [9.17, 15) is 4.79 Å². The molecule has 0 saturated carbocycles. The molecule has 0 aromatic carbocycles. The summed E-state index contributed by atoms with van der Waals surface area (Å²) in [7, 11) is 0. The lowest BCUT2D eigenvalue weighted by molar-refractivity contribution is -0.131. The molecular weight excluding hydrogens is 338 g/mol. The number of amides is 1. The normalized spacial score (nSPS) is 25.5. The molecule has 6 nitrogen and oxygen atoms in total. The van der Waals surface area contributed by atoms with Crippen LogP contribution in [-0.4, -0.2) is 27.1 Å². The van der Waals surface area contributed by atoms with Gasteiger partial charge in [-0.3, -0.25) is 20.1 Å². The van der Waals surface area contributed by atoms with E-state index in [1.54, 1.807) is 6.20 Å². The minimum Gasteiger partial charge on any atom is -0.359 e. The Hall–Kier alpha value is -2.47. The second kappa shape index (κ2) is 5.76. The Morgan fingerprint density at radius 3 is 2.74 bits per heavy atom. The number of rotatable bonds is 1. The largest absolute Gasteiger partial charge is 0.359 e. The Labute approximate surface area is 159 Å². The second-order valence-corrected chi connectivity index (χ2v) is 8.53. The topological polar surface area (TPSA) is 78.9 Å². The molecule has 0 unspecified atom stereocenters. The van der Waals surface area contributed by atoms with Gasteiger partial charge in [-0.25, -0.2) is 0 Å². The van der Waals surface area contributed by atoms with E-state index in [4.69, 9.17) is 4.98 Å². The molecule has 0 radical (unpaired) electrons. The number of hydrogen-bond acceptors (Lipinski definition) is 5. The van der Waals surface area contributed by atoms with Crippen LogP contribution in [0.5, 0.6) is 0 Å². The number of carbonyl (C=O) groups is 1. The molecule has 5 rings (SSSR count). The molecule has 4 heterocycles. The van der Waals surface area contributed by atoms with Gasteiger partial charge in [0.2, 0.25) is 0 Å². The molecule has 3 N–H and O–H groups in total. The number of nitrogens with zero attached hydrogens (tertiary/aromatic N) is 2. The highest BCUT2D eigenvalue weighted by Gasteiger charge is 2.48. The molecule has 2 aromatic rings. The van der Waals surface area contributed by atoms with Gasteiger partial charge < -0.3 is 10.6 Å². The smallest absolute Gasteiger partial charge is 0.261 e. The van der Waals surface area contributed by atoms with Gasteiger partial charge in [0, 0.05) is 35.2 Å². The van der Waals surface area contributed by atoms with E-state index in [0.29, 0.717) is 6.54 Å². The zero-order valence-corrected chi connectivity index (χ0v) is 15.9. The van der Waals surface area contributed by atoms with Gasteiger partial charge in [0.25, 0.3) is 5.91 Å². The molecular formula is C21H25N5O. The fourth-order valence-electron chi connectivity index (χ4n) is 4.54. The highest BCUT2D eigenvalue weighted by molar-refractivity contribution is 5.92. The zero-order chi connectivity index (χ0) is 18.6. The van der Waals surface area contributed by atoms with Crippen LogP contribution in [0.25, 0.3) is 11.4 Å². The highest BCUT2D eigenvalue weighted by atomic mass is 16.2. The molecule has 1 spiro atoms. The fraction of sp³-hybridized carbons (Fsp3) is 0.476. The van der Waals surface area contributed by atoms with Crippen LogP contribution in [0.2, 0.25) is 0 Å². The Morgan fingerprint density at radius 1 is 1.07 bits per heavy atom. The van der Waals surface area contributed by atoms with Crippen molar-refractivity contribution in [3.63, 3.8) is 0 Å². The Bertz CT molecular complexity index is 924. The first-order chi connectivity index (χ1) is 13.0. The summed E-state index contributed by atoms with van der Waals surface area (Å²) in [5.41, 5.74) is 5.57. The van der Waals surface area contributed by atoms with Crippen LogP contribution < -0.4 is 16.0 Å². The monoisotopic (exact) mass is 363 g/mol. The van der Waals surface area contributed by atoms with E-state index in [2.05, 4.69) is 34.8 Å². The number of aryl methyl sites for hydroxylation is 1. The molecule has 1 fully saturated rings. The second-order valence-electron chi connectivity index (χ2n) is 8.53. The maximum atomic E-state index is 13.0. The van der Waals surface area contributed by atoms with Gasteiger partial charge in [0.15, 0.2) is 5.66 Å². The number of carbonyl (C=O) groups excluding carboxylic acids is 1. The third kappa shape index (κ3) is 2.62. The summed E-state index contributed by atoms with van der Waals surface area (Å²) >= 11 is 0. The first kappa shape index (κ1) is 16.7. The van der Waals surface area contributed by atoms with E-state index in [-0.39, 0.29) is 11.4 Å². The molecule has 0 bridgehead atoms. The number of hydrogen-bond donors (Lipinski definition) is 3. The predicted octanol–water partition coefficient (Wildman–Crippen LogP) is 2.53. The van der Waals surface area contributed by atoms with Crippen molar-refractivity contribution in [3.05, 3.63) is 41.2 Å². The van der Waals surface area contributed by atoms with Gasteiger partial charge >= 0.3 is 0 Å². The van der Waals surface area contributed by atoms with Crippen LogP contribution in [0.1, 0.15) is 49.9 Å². The van der Waals surface area contributed by atoms with Crippen molar-refractivity contribution in [2.75, 3.05) is 5.32 Å². The lowest BCUT2D eigenvalue weighted by Gasteiger charge is -2.47. The minimum atomic E-state index is -0.735. The molecule has 1 saturated heterocycles. The van der Waals surface area contributed by atoms with E-state index < -0.39 is 5.66 Å². The maximum Gasteiger partial charge on any atom is 0.261 e. The fourth-order valence-corrected chi connectivity index (χ4v) is 4.54. The Morgan fingerprint density at radius 2 is 1.96 bits per heavy atom. The third-order valence-electron chi connectivity index (χ3n) is 6.10. The van der Waals surface area contributed by atoms with Gasteiger partial charge in [-0.15, -0.1) is 0 Å². The van der Waals surface area contributed by atoms with Gasteiger partial charge in [0.1, 0.15) is 0 Å². The van der Waals surface area contributed by atoms with Crippen LogP contribution in [-0.2, 0) is 24.2 Å². The number of piperidine rings is 1. The molecule has 2 aromatic heterocycles. The van der Waals surface area contributed by atoms with Crippen molar-refractivity contribution in [2.24, 2.45) is 0 Å². The summed E-state index contributed by atoms with van der Waals surface area (Å²) in [6.07, 6.45) is 6.61. The van der Waals surface area contributed by atoms with Gasteiger partial charge in [-0.05, 0) is 63.6 Å². The molecule has 3 aliphatic rings. The van der Waals surface area contributed by atoms with Crippen molar-refractivity contribution in [1.82, 2.24) is 20.6 Å². The van der Waals surface area contributed by atoms with E-state index in [1.807, 2.05) is 18.2 Å². The molecule has 1 atom stereocenters. The number of nitrogens with one attached hydrogen (secondary N) is 3. The summed E-state index contributed by atoms with van der Waals surface area (Å²) in [6.45, 7) is 4.77. The quantitative estimate of drug-likeness (QED) is 0.726. The van der Waals surface area contributed by atoms with Gasteiger partial charge in [-0.1, -0.05) is 6.07 Å². The summed E-state index contributed by atoms with van der Waals surface area (Å²) in [5, 5.41) is 10.3. The van der Waals surface area contributed by atoms with Crippen molar-refractivity contribution >= 4 is 11.6 Å². The summed E-state index contributed by atoms with van der Waals surface area (Å²) < 4.78 is 0. The lowest BCUT2D eigenvalue weighted by atomic mass is 9.84. The van der Waals surface area contributed by atoms with Crippen LogP contribution in [0.4, 0.5) is 5.69 Å². The maximum absolute atomic E-state index is 13.0. The van der Waals surface area contributed by atoms with Crippen molar-refractivity contribution in [3.8, 4) is 11.4 Å². The average Bonchev–Trinajstić information content (AvgIpc) is 3.14. The van der Waals surface area contributed by atoms with Crippen LogP contribution in [0, 0.1) is 0 Å². The Kier molecular flexibility index (Phi) is 3.56. The Balaban J connectivity index is 1.61. The number of pyridine rings is 2. The van der Waals surface area contributed by atoms with E-state index in [1.165, 1.54) is 5.56 Å². The van der Waals surface area contributed by atoms with E-state index >= 15 is 0 Å². The number of fused-ring (bicyclic) bond motifs is 3. The summed E-state index contributed by atoms with van der Waals surface area (Å²) in [5.74, 6) is 0.0346. The number of aromatic nitrogens is 2. The van der Waals surface area contributed by atoms with Gasteiger partial charge in [0.05, 0.1) is 11.4 Å². The molecule has 1 amide bonds. The van der Waals surface area contributed by atoms with Crippen molar-refractivity contribution in [1.29, 1.82) is 0 Å². The van der Waals surface area contributed by atoms with E-state index in [0.717, 1.165) is 60.4 Å². The first-order valence-corrected chi connectivity index (χ1v) is 9.79. The van der Waals surface area contributed by atoms with Crippen LogP contribution >= 0.6 is 0 Å². The molecule has 6 heteroatoms. The predicted molar refractivity (Wildman–Crippen MR) is 104 cm³/mol. The third-order valence-corrected chi connectivity index (χ3v) is 6.10. The summed E-state index contributed by atoms with van der Waals surface area (Å²) in [4.78, 5) is 22.5. The minimum absolute atomic E-state index is 0.0346. The molecule has 2 aliphatic heterocycles. The summed E-state index contributed by atoms with van der Waals surface area (Å²) in [6, 6.07) is 5.92. The first-order valence-electron chi connectivity index (χ1n) is 9.79. The molecule has 140 valence electrons. The van der Waals surface area contributed by atoms with Crippen molar-refractivity contribution in [2.45, 2.75) is 63.7 Å². The molecule has 27 heavy (non-hydrogen) atoms. The zero-order valence-electron chi connectivity index (χ0n) is 15.9. The standard InChI is InChI=1S/C21H25N5O/c1-20(2)9-10-21(19(27)26-20)23-12-14-17(25-21)13-6-5-8-15(13)24-18(14)16-7-3-4-11-22-16/h3-4,7,11,23,25H,5-6,8-10,12H2,1-2H3,(H,26,27)/t21-/m0/s1. The molecule has 1 aliphatic carbocycles. The SMILES string of the molecule is CC1(C)CC[C@@]2(NCc3c(-c4ccccn4)nc4c(c3N2)CCC4)C(=O)N1. The number of anilines is 1. The van der Waals surface area contributed by atoms with Gasteiger partial charge in [-0.2, -0.15) is 0 Å².